The maximum Gasteiger partial charge on any atom is 0.156 e. The summed E-state index contributed by atoms with van der Waals surface area (Å²) in [5.41, 5.74) is 1.96. The molecule has 0 unspecified atom stereocenters. The van der Waals surface area contributed by atoms with Gasteiger partial charge in [-0.2, -0.15) is 0 Å². The van der Waals surface area contributed by atoms with Crippen LogP contribution in [0.25, 0.3) is 11.0 Å². The molecule has 0 fully saturated rings. The SMILES string of the molecule is CCN(CCOC)c1nc(C)nc2cc[nH]c12. The fourth-order valence-corrected chi connectivity index (χ4v) is 1.89. The van der Waals surface area contributed by atoms with Crippen LogP contribution in [-0.2, 0) is 4.74 Å². The molecule has 0 radical (unpaired) electrons. The number of fused-ring (bicyclic) bond motifs is 1. The van der Waals surface area contributed by atoms with Gasteiger partial charge in [-0.15, -0.1) is 0 Å². The van der Waals surface area contributed by atoms with Crippen LogP contribution in [0.15, 0.2) is 12.3 Å². The van der Waals surface area contributed by atoms with Gasteiger partial charge in [-0.25, -0.2) is 9.97 Å². The lowest BCUT2D eigenvalue weighted by atomic mass is 10.3. The highest BCUT2D eigenvalue weighted by atomic mass is 16.5. The van der Waals surface area contributed by atoms with E-state index in [0.717, 1.165) is 35.8 Å². The van der Waals surface area contributed by atoms with Crippen molar-refractivity contribution in [1.82, 2.24) is 15.0 Å². The minimum absolute atomic E-state index is 0.694. The molecule has 0 aliphatic rings. The van der Waals surface area contributed by atoms with E-state index in [-0.39, 0.29) is 0 Å². The van der Waals surface area contributed by atoms with Gasteiger partial charge in [0.05, 0.1) is 12.1 Å². The van der Waals surface area contributed by atoms with Crippen molar-refractivity contribution in [3.63, 3.8) is 0 Å². The number of likely N-dealkylation sites (N-methyl/N-ethyl adjacent to an activating group) is 1. The van der Waals surface area contributed by atoms with Crippen LogP contribution >= 0.6 is 0 Å². The lowest BCUT2D eigenvalue weighted by Gasteiger charge is -2.22. The Bertz CT molecular complexity index is 494. The van der Waals surface area contributed by atoms with E-state index in [4.69, 9.17) is 4.74 Å². The van der Waals surface area contributed by atoms with Gasteiger partial charge in [0.25, 0.3) is 0 Å². The lowest BCUT2D eigenvalue weighted by molar-refractivity contribution is 0.205. The summed E-state index contributed by atoms with van der Waals surface area (Å²) in [5.74, 6) is 1.75. The summed E-state index contributed by atoms with van der Waals surface area (Å²) in [7, 11) is 1.71. The van der Waals surface area contributed by atoms with E-state index in [1.165, 1.54) is 0 Å². The summed E-state index contributed by atoms with van der Waals surface area (Å²) < 4.78 is 5.12. The Kier molecular flexibility index (Phi) is 3.58. The molecule has 0 saturated carbocycles. The first kappa shape index (κ1) is 11.9. The monoisotopic (exact) mass is 234 g/mol. The summed E-state index contributed by atoms with van der Waals surface area (Å²) in [6, 6.07) is 1.97. The smallest absolute Gasteiger partial charge is 0.156 e. The number of rotatable bonds is 5. The second-order valence-electron chi connectivity index (χ2n) is 3.90. The second-order valence-corrected chi connectivity index (χ2v) is 3.90. The average Bonchev–Trinajstić information content (AvgIpc) is 2.77. The van der Waals surface area contributed by atoms with Gasteiger partial charge in [0, 0.05) is 26.4 Å². The molecular weight excluding hydrogens is 216 g/mol. The summed E-state index contributed by atoms with van der Waals surface area (Å²) in [5, 5.41) is 0. The van der Waals surface area contributed by atoms with Gasteiger partial charge in [0.2, 0.25) is 0 Å². The van der Waals surface area contributed by atoms with Crippen molar-refractivity contribution in [2.45, 2.75) is 13.8 Å². The molecule has 5 nitrogen and oxygen atoms in total. The molecular formula is C12H18N4O. The zero-order chi connectivity index (χ0) is 12.3. The van der Waals surface area contributed by atoms with Crippen LogP contribution in [0, 0.1) is 6.92 Å². The number of hydrogen-bond acceptors (Lipinski definition) is 4. The number of anilines is 1. The van der Waals surface area contributed by atoms with Crippen molar-refractivity contribution < 1.29 is 4.74 Å². The minimum Gasteiger partial charge on any atom is -0.383 e. The fraction of sp³-hybridized carbons (Fsp3) is 0.500. The van der Waals surface area contributed by atoms with E-state index in [0.29, 0.717) is 6.61 Å². The van der Waals surface area contributed by atoms with Crippen molar-refractivity contribution in [3.05, 3.63) is 18.1 Å². The second kappa shape index (κ2) is 5.14. The number of nitrogens with one attached hydrogen (secondary N) is 1. The summed E-state index contributed by atoms with van der Waals surface area (Å²) in [6.45, 7) is 6.45. The van der Waals surface area contributed by atoms with Crippen molar-refractivity contribution in [2.75, 3.05) is 31.7 Å². The van der Waals surface area contributed by atoms with Gasteiger partial charge in [0.1, 0.15) is 11.3 Å². The number of aromatic nitrogens is 3. The summed E-state index contributed by atoms with van der Waals surface area (Å²) in [4.78, 5) is 14.3. The van der Waals surface area contributed by atoms with Gasteiger partial charge in [-0.3, -0.25) is 0 Å². The normalized spacial score (nSPS) is 11.0. The Morgan fingerprint density at radius 1 is 1.41 bits per heavy atom. The standard InChI is InChI=1S/C12H18N4O/c1-4-16(7-8-17-3)12-11-10(5-6-13-11)14-9(2)15-12/h5-6,13H,4,7-8H2,1-3H3. The quantitative estimate of drug-likeness (QED) is 0.856. The molecule has 0 aliphatic carbocycles. The predicted molar refractivity (Wildman–Crippen MR) is 68.4 cm³/mol. The van der Waals surface area contributed by atoms with Crippen molar-refractivity contribution >= 4 is 16.9 Å². The number of hydrogen-bond donors (Lipinski definition) is 1. The minimum atomic E-state index is 0.694. The first-order valence-electron chi connectivity index (χ1n) is 5.82. The average molecular weight is 234 g/mol. The molecule has 2 rings (SSSR count). The maximum atomic E-state index is 5.12. The molecule has 17 heavy (non-hydrogen) atoms. The molecule has 0 amide bonds. The van der Waals surface area contributed by atoms with Crippen LogP contribution in [0.2, 0.25) is 0 Å². The third kappa shape index (κ3) is 2.39. The molecule has 92 valence electrons. The van der Waals surface area contributed by atoms with Crippen LogP contribution in [0.1, 0.15) is 12.7 Å². The van der Waals surface area contributed by atoms with Crippen molar-refractivity contribution in [3.8, 4) is 0 Å². The largest absolute Gasteiger partial charge is 0.383 e. The van der Waals surface area contributed by atoms with Gasteiger partial charge >= 0.3 is 0 Å². The van der Waals surface area contributed by atoms with Gasteiger partial charge in [-0.05, 0) is 19.9 Å². The summed E-state index contributed by atoms with van der Waals surface area (Å²) in [6.07, 6.45) is 1.90. The molecule has 1 N–H and O–H groups in total. The summed E-state index contributed by atoms with van der Waals surface area (Å²) >= 11 is 0. The van der Waals surface area contributed by atoms with E-state index in [9.17, 15) is 0 Å². The van der Waals surface area contributed by atoms with Crippen molar-refractivity contribution in [2.24, 2.45) is 0 Å². The van der Waals surface area contributed by atoms with E-state index in [2.05, 4.69) is 26.8 Å². The number of nitrogens with zero attached hydrogens (tertiary/aromatic N) is 3. The highest BCUT2D eigenvalue weighted by Crippen LogP contribution is 2.21. The molecule has 0 saturated heterocycles. The first-order chi connectivity index (χ1) is 8.26. The lowest BCUT2D eigenvalue weighted by Crippen LogP contribution is -2.28. The van der Waals surface area contributed by atoms with Crippen LogP contribution in [0.3, 0.4) is 0 Å². The molecule has 2 aromatic heterocycles. The Morgan fingerprint density at radius 2 is 2.24 bits per heavy atom. The Labute approximate surface area is 101 Å². The zero-order valence-corrected chi connectivity index (χ0v) is 10.5. The number of aryl methyl sites for hydroxylation is 1. The highest BCUT2D eigenvalue weighted by molar-refractivity contribution is 5.86. The van der Waals surface area contributed by atoms with Crippen LogP contribution < -0.4 is 4.90 Å². The third-order valence-electron chi connectivity index (χ3n) is 2.75. The van der Waals surface area contributed by atoms with Gasteiger partial charge in [0.15, 0.2) is 5.82 Å². The van der Waals surface area contributed by atoms with Crippen LogP contribution in [0.4, 0.5) is 5.82 Å². The molecule has 0 atom stereocenters. The molecule has 5 heteroatoms. The number of aromatic amines is 1. The molecule has 0 aromatic carbocycles. The van der Waals surface area contributed by atoms with E-state index in [1.54, 1.807) is 7.11 Å². The molecule has 2 heterocycles. The Hall–Kier alpha value is -1.62. The van der Waals surface area contributed by atoms with Gasteiger partial charge in [-0.1, -0.05) is 0 Å². The first-order valence-corrected chi connectivity index (χ1v) is 5.82. The molecule has 0 aliphatic heterocycles. The predicted octanol–water partition coefficient (Wildman–Crippen LogP) is 1.74. The zero-order valence-electron chi connectivity index (χ0n) is 10.5. The molecule has 0 spiro atoms. The maximum absolute atomic E-state index is 5.12. The van der Waals surface area contributed by atoms with E-state index in [1.807, 2.05) is 19.2 Å². The van der Waals surface area contributed by atoms with E-state index < -0.39 is 0 Å². The number of H-pyrrole nitrogens is 1. The number of ether oxygens (including phenoxy) is 1. The highest BCUT2D eigenvalue weighted by Gasteiger charge is 2.12. The number of methoxy groups -OCH3 is 1. The van der Waals surface area contributed by atoms with Crippen molar-refractivity contribution in [1.29, 1.82) is 0 Å². The molecule has 0 bridgehead atoms. The fourth-order valence-electron chi connectivity index (χ4n) is 1.89. The topological polar surface area (TPSA) is 54.0 Å². The third-order valence-corrected chi connectivity index (χ3v) is 2.75. The molecule has 2 aromatic rings. The van der Waals surface area contributed by atoms with Crippen LogP contribution in [0.5, 0.6) is 0 Å². The van der Waals surface area contributed by atoms with Crippen LogP contribution in [-0.4, -0.2) is 41.8 Å². The van der Waals surface area contributed by atoms with Gasteiger partial charge < -0.3 is 14.6 Å². The Morgan fingerprint density at radius 3 is 2.94 bits per heavy atom. The van der Waals surface area contributed by atoms with E-state index >= 15 is 0 Å². The Balaban J connectivity index is 2.40.